The first-order valence-corrected chi connectivity index (χ1v) is 8.99. The summed E-state index contributed by atoms with van der Waals surface area (Å²) in [7, 11) is 0. The van der Waals surface area contributed by atoms with Crippen molar-refractivity contribution in [1.29, 1.82) is 0 Å². The number of likely N-dealkylation sites (tertiary alicyclic amines) is 1. The second-order valence-corrected chi connectivity index (χ2v) is 7.27. The minimum atomic E-state index is -0.969. The van der Waals surface area contributed by atoms with Crippen LogP contribution >= 0.6 is 11.3 Å². The van der Waals surface area contributed by atoms with Gasteiger partial charge in [-0.2, -0.15) is 5.10 Å². The number of aromatic carboxylic acids is 1. The summed E-state index contributed by atoms with van der Waals surface area (Å²) in [5.74, 6) is -0.894. The van der Waals surface area contributed by atoms with Gasteiger partial charge in [-0.1, -0.05) is 18.2 Å². The van der Waals surface area contributed by atoms with Gasteiger partial charge in [0.1, 0.15) is 0 Å². The Balaban J connectivity index is 1.44. The first-order chi connectivity index (χ1) is 12.1. The lowest BCUT2D eigenvalue weighted by Gasteiger charge is -2.31. The van der Waals surface area contributed by atoms with Crippen LogP contribution in [-0.4, -0.2) is 44.8 Å². The van der Waals surface area contributed by atoms with Crippen molar-refractivity contribution in [2.75, 3.05) is 13.1 Å². The molecule has 3 heterocycles. The molecule has 0 unspecified atom stereocenters. The molecular weight excluding hydrogens is 338 g/mol. The minimum absolute atomic E-state index is 0.0753. The highest BCUT2D eigenvalue weighted by Gasteiger charge is 2.26. The van der Waals surface area contributed by atoms with Gasteiger partial charge >= 0.3 is 5.97 Å². The molecule has 1 amide bonds. The lowest BCUT2D eigenvalue weighted by Crippen LogP contribution is -2.38. The predicted octanol–water partition coefficient (Wildman–Crippen LogP) is 3.27. The fourth-order valence-corrected chi connectivity index (χ4v) is 4.26. The van der Waals surface area contributed by atoms with Crippen LogP contribution in [0.3, 0.4) is 0 Å². The van der Waals surface area contributed by atoms with E-state index in [0.717, 1.165) is 27.8 Å². The van der Waals surface area contributed by atoms with Crippen LogP contribution in [-0.2, 0) is 0 Å². The molecular formula is C18H17N3O3S. The summed E-state index contributed by atoms with van der Waals surface area (Å²) in [6.07, 6.45) is 4.49. The van der Waals surface area contributed by atoms with Crippen molar-refractivity contribution in [3.63, 3.8) is 0 Å². The molecule has 0 aliphatic carbocycles. The monoisotopic (exact) mass is 355 g/mol. The van der Waals surface area contributed by atoms with Crippen molar-refractivity contribution in [3.8, 4) is 0 Å². The van der Waals surface area contributed by atoms with Crippen LogP contribution in [0.25, 0.3) is 10.1 Å². The summed E-state index contributed by atoms with van der Waals surface area (Å²) in [4.78, 5) is 26.4. The zero-order valence-corrected chi connectivity index (χ0v) is 14.3. The smallest absolute Gasteiger partial charge is 0.338 e. The Morgan fingerprint density at radius 1 is 1.20 bits per heavy atom. The van der Waals surface area contributed by atoms with E-state index in [2.05, 4.69) is 5.10 Å². The lowest BCUT2D eigenvalue weighted by atomic mass is 10.1. The molecule has 1 saturated heterocycles. The molecule has 1 aromatic carbocycles. The van der Waals surface area contributed by atoms with Gasteiger partial charge in [-0.3, -0.25) is 9.48 Å². The van der Waals surface area contributed by atoms with Crippen molar-refractivity contribution in [3.05, 3.63) is 53.2 Å². The average molecular weight is 355 g/mol. The first-order valence-electron chi connectivity index (χ1n) is 8.17. The van der Waals surface area contributed by atoms with Crippen molar-refractivity contribution in [2.24, 2.45) is 0 Å². The molecule has 0 radical (unpaired) electrons. The number of carboxylic acid groups (broad SMARTS) is 1. The van der Waals surface area contributed by atoms with E-state index < -0.39 is 5.97 Å². The summed E-state index contributed by atoms with van der Waals surface area (Å²) < 4.78 is 2.84. The number of carbonyl (C=O) groups excluding carboxylic acids is 1. The molecule has 1 aliphatic rings. The Kier molecular flexibility index (Phi) is 4.01. The van der Waals surface area contributed by atoms with Gasteiger partial charge in [-0.15, -0.1) is 11.3 Å². The third-order valence-electron chi connectivity index (χ3n) is 4.61. The lowest BCUT2D eigenvalue weighted by molar-refractivity contribution is 0.0692. The number of carbonyl (C=O) groups is 2. The van der Waals surface area contributed by atoms with E-state index in [1.807, 2.05) is 35.2 Å². The maximum atomic E-state index is 12.7. The van der Waals surface area contributed by atoms with Crippen LogP contribution in [0.2, 0.25) is 0 Å². The fourth-order valence-electron chi connectivity index (χ4n) is 3.22. The van der Waals surface area contributed by atoms with E-state index in [1.54, 1.807) is 10.9 Å². The molecule has 6 nitrogen and oxygen atoms in total. The highest BCUT2D eigenvalue weighted by Crippen LogP contribution is 2.28. The van der Waals surface area contributed by atoms with Gasteiger partial charge in [-0.05, 0) is 30.4 Å². The van der Waals surface area contributed by atoms with E-state index >= 15 is 0 Å². The molecule has 2 aromatic heterocycles. The second kappa shape index (κ2) is 6.33. The largest absolute Gasteiger partial charge is 0.478 e. The van der Waals surface area contributed by atoms with E-state index in [0.29, 0.717) is 13.1 Å². The molecule has 25 heavy (non-hydrogen) atoms. The van der Waals surface area contributed by atoms with E-state index in [9.17, 15) is 9.59 Å². The summed E-state index contributed by atoms with van der Waals surface area (Å²) >= 11 is 1.53. The number of amides is 1. The number of piperidine rings is 1. The molecule has 0 spiro atoms. The Hall–Kier alpha value is -2.67. The molecule has 7 heteroatoms. The standard InChI is InChI=1S/C18H17N3O3S/c22-17(16-9-12-3-1-2-4-15(12)25-16)20-7-5-14(6-8-20)21-11-13(10-19-21)18(23)24/h1-4,9-11,14H,5-8H2,(H,23,24). The Morgan fingerprint density at radius 2 is 1.96 bits per heavy atom. The fraction of sp³-hybridized carbons (Fsp3) is 0.278. The topological polar surface area (TPSA) is 75.4 Å². The number of rotatable bonds is 3. The van der Waals surface area contributed by atoms with Crippen LogP contribution in [0.5, 0.6) is 0 Å². The van der Waals surface area contributed by atoms with Gasteiger partial charge < -0.3 is 10.0 Å². The number of hydrogen-bond acceptors (Lipinski definition) is 4. The summed E-state index contributed by atoms with van der Waals surface area (Å²) in [5, 5.41) is 14.2. The van der Waals surface area contributed by atoms with Crippen molar-refractivity contribution in [2.45, 2.75) is 18.9 Å². The van der Waals surface area contributed by atoms with Gasteiger partial charge in [0.25, 0.3) is 5.91 Å². The molecule has 1 aliphatic heterocycles. The number of fused-ring (bicyclic) bond motifs is 1. The van der Waals surface area contributed by atoms with Crippen molar-refractivity contribution < 1.29 is 14.7 Å². The van der Waals surface area contributed by atoms with Gasteiger partial charge in [0, 0.05) is 24.0 Å². The zero-order chi connectivity index (χ0) is 17.4. The van der Waals surface area contributed by atoms with E-state index in [1.165, 1.54) is 17.5 Å². The molecule has 0 saturated carbocycles. The Labute approximate surface area is 148 Å². The Morgan fingerprint density at radius 3 is 2.64 bits per heavy atom. The predicted molar refractivity (Wildman–Crippen MR) is 95.2 cm³/mol. The zero-order valence-electron chi connectivity index (χ0n) is 13.5. The van der Waals surface area contributed by atoms with Crippen molar-refractivity contribution >= 4 is 33.3 Å². The summed E-state index contributed by atoms with van der Waals surface area (Å²) in [6.45, 7) is 1.31. The maximum Gasteiger partial charge on any atom is 0.338 e. The second-order valence-electron chi connectivity index (χ2n) is 6.19. The van der Waals surface area contributed by atoms with Gasteiger partial charge in [-0.25, -0.2) is 4.79 Å². The number of hydrogen-bond donors (Lipinski definition) is 1. The van der Waals surface area contributed by atoms with Gasteiger partial charge in [0.05, 0.1) is 22.7 Å². The maximum absolute atomic E-state index is 12.7. The van der Waals surface area contributed by atoms with Crippen LogP contribution in [0, 0.1) is 0 Å². The number of benzene rings is 1. The van der Waals surface area contributed by atoms with E-state index in [-0.39, 0.29) is 17.5 Å². The normalized spacial score (nSPS) is 15.6. The first kappa shape index (κ1) is 15.8. The van der Waals surface area contributed by atoms with E-state index in [4.69, 9.17) is 5.11 Å². The third-order valence-corrected chi connectivity index (χ3v) is 5.71. The number of thiophene rings is 1. The quantitative estimate of drug-likeness (QED) is 0.782. The number of aromatic nitrogens is 2. The average Bonchev–Trinajstić information content (AvgIpc) is 3.28. The highest BCUT2D eigenvalue weighted by atomic mass is 32.1. The van der Waals surface area contributed by atoms with Crippen LogP contribution < -0.4 is 0 Å². The van der Waals surface area contributed by atoms with Gasteiger partial charge in [0.2, 0.25) is 0 Å². The minimum Gasteiger partial charge on any atom is -0.478 e. The molecule has 128 valence electrons. The van der Waals surface area contributed by atoms with Crippen LogP contribution in [0.15, 0.2) is 42.7 Å². The highest BCUT2D eigenvalue weighted by molar-refractivity contribution is 7.20. The van der Waals surface area contributed by atoms with Crippen molar-refractivity contribution in [1.82, 2.24) is 14.7 Å². The van der Waals surface area contributed by atoms with Gasteiger partial charge in [0.15, 0.2) is 0 Å². The summed E-state index contributed by atoms with van der Waals surface area (Å²) in [6, 6.07) is 10.1. The number of nitrogens with zero attached hydrogens (tertiary/aromatic N) is 3. The summed E-state index contributed by atoms with van der Waals surface area (Å²) in [5.41, 5.74) is 0.198. The Bertz CT molecular complexity index is 905. The molecule has 3 aromatic rings. The third kappa shape index (κ3) is 3.02. The van der Waals surface area contributed by atoms with Crippen LogP contribution in [0.4, 0.5) is 0 Å². The SMILES string of the molecule is O=C(O)c1cnn(C2CCN(C(=O)c3cc4ccccc4s3)CC2)c1. The van der Waals surface area contributed by atoms with Crippen LogP contribution in [0.1, 0.15) is 38.9 Å². The molecule has 4 rings (SSSR count). The molecule has 1 fully saturated rings. The molecule has 1 N–H and O–H groups in total. The molecule has 0 atom stereocenters. The number of carboxylic acids is 1. The molecule has 0 bridgehead atoms.